The van der Waals surface area contributed by atoms with Crippen molar-refractivity contribution in [2.75, 3.05) is 5.88 Å². The molecule has 0 bridgehead atoms. The molecule has 0 amide bonds. The first-order valence-electron chi connectivity index (χ1n) is 4.37. The number of carboxylic acid groups (broad SMARTS) is 1. The maximum atomic E-state index is 9.94. The molecule has 0 fully saturated rings. The Morgan fingerprint density at radius 2 is 2.27 bits per heavy atom. The molecule has 5 nitrogen and oxygen atoms in total. The molecule has 0 aliphatic heterocycles. The fraction of sp³-hybridized carbons (Fsp3) is 0.625. The van der Waals surface area contributed by atoms with Gasteiger partial charge in [-0.05, 0) is 6.42 Å². The van der Waals surface area contributed by atoms with Crippen molar-refractivity contribution in [2.24, 2.45) is 0 Å². The normalized spacial score (nSPS) is 8.40. The van der Waals surface area contributed by atoms with Crippen LogP contribution >= 0.6 is 11.6 Å². The van der Waals surface area contributed by atoms with Gasteiger partial charge < -0.3 is 5.11 Å². The summed E-state index contributed by atoms with van der Waals surface area (Å²) < 4.78 is 0. The summed E-state index contributed by atoms with van der Waals surface area (Å²) in [6.07, 6.45) is 4.87. The molecule has 0 saturated heterocycles. The molecule has 15 heavy (non-hydrogen) atoms. The number of aromatic carboxylic acids is 1. The van der Waals surface area contributed by atoms with E-state index < -0.39 is 5.97 Å². The van der Waals surface area contributed by atoms with Gasteiger partial charge in [-0.3, -0.25) is 0 Å². The minimum Gasteiger partial charge on any atom is -0.476 e. The zero-order chi connectivity index (χ0) is 10.8. The Bertz CT molecular complexity index is 240. The minimum absolute atomic E-state index is 0. The Hall–Kier alpha value is -0.542. The number of halogens is 1. The number of carboxylic acids is 1. The average Bonchev–Trinajstić information content (AvgIpc) is 2.68. The number of alkyl halides is 1. The fourth-order valence-electron chi connectivity index (χ4n) is 0.649. The van der Waals surface area contributed by atoms with Crippen molar-refractivity contribution in [1.29, 1.82) is 0 Å². The van der Waals surface area contributed by atoms with Crippen LogP contribution in [-0.2, 0) is 0 Å². The van der Waals surface area contributed by atoms with Gasteiger partial charge >= 0.3 is 5.97 Å². The molecular weight excluding hydrogens is 280 g/mol. The number of aromatic amines is 1. The van der Waals surface area contributed by atoms with E-state index in [1.807, 2.05) is 0 Å². The molecule has 0 aliphatic carbocycles. The number of nitrogens with zero attached hydrogens (tertiary/aromatic N) is 2. The number of rotatable bonds is 4. The molecule has 2 N–H and O–H groups in total. The van der Waals surface area contributed by atoms with Crippen molar-refractivity contribution in [1.82, 2.24) is 15.4 Å². The Labute approximate surface area is 105 Å². The summed E-state index contributed by atoms with van der Waals surface area (Å²) in [6.45, 7) is 2.17. The minimum atomic E-state index is -1.07. The second kappa shape index (κ2) is 11.5. The predicted octanol–water partition coefficient (Wildman–Crippen LogP) is 1.54. The van der Waals surface area contributed by atoms with Gasteiger partial charge in [-0.15, -0.1) is 16.7 Å². The van der Waals surface area contributed by atoms with Crippen LogP contribution in [0.4, 0.5) is 0 Å². The second-order valence-corrected chi connectivity index (χ2v) is 2.93. The van der Waals surface area contributed by atoms with E-state index in [1.54, 1.807) is 0 Å². The number of hydrogen-bond acceptors (Lipinski definition) is 3. The SMILES string of the molecule is CCCCCCl.O=C(O)c1cn[nH]n1.[As]. The monoisotopic (exact) mass is 294 g/mol. The molecule has 0 unspecified atom stereocenters. The number of H-pyrrole nitrogens is 1. The predicted molar refractivity (Wildman–Crippen MR) is 59.3 cm³/mol. The summed E-state index contributed by atoms with van der Waals surface area (Å²) in [5, 5.41) is 16.9. The van der Waals surface area contributed by atoms with E-state index in [9.17, 15) is 4.79 Å². The van der Waals surface area contributed by atoms with E-state index in [2.05, 4.69) is 22.3 Å². The molecule has 85 valence electrons. The smallest absolute Gasteiger partial charge is 0.358 e. The van der Waals surface area contributed by atoms with Gasteiger partial charge in [0.2, 0.25) is 0 Å². The second-order valence-electron chi connectivity index (χ2n) is 2.56. The summed E-state index contributed by atoms with van der Waals surface area (Å²) in [5.41, 5.74) is -0.0648. The topological polar surface area (TPSA) is 78.9 Å². The Kier molecular flexibility index (Phi) is 13.0. The number of unbranched alkanes of at least 4 members (excludes halogenated alkanes) is 2. The van der Waals surface area contributed by atoms with Crippen molar-refractivity contribution in [3.05, 3.63) is 11.9 Å². The molecule has 0 saturated carbocycles. The summed E-state index contributed by atoms with van der Waals surface area (Å²) in [4.78, 5) is 9.94. The summed E-state index contributed by atoms with van der Waals surface area (Å²) >= 11 is 5.38. The Balaban J connectivity index is 0. The van der Waals surface area contributed by atoms with E-state index in [4.69, 9.17) is 16.7 Å². The van der Waals surface area contributed by atoms with Crippen LogP contribution in [0.3, 0.4) is 0 Å². The van der Waals surface area contributed by atoms with Gasteiger partial charge in [0.1, 0.15) is 0 Å². The van der Waals surface area contributed by atoms with Crippen molar-refractivity contribution < 1.29 is 9.90 Å². The molecule has 7 heteroatoms. The number of hydrogen-bond donors (Lipinski definition) is 2. The van der Waals surface area contributed by atoms with Crippen molar-refractivity contribution in [3.8, 4) is 0 Å². The van der Waals surface area contributed by atoms with Gasteiger partial charge in [-0.1, -0.05) is 19.8 Å². The zero-order valence-corrected chi connectivity index (χ0v) is 11.1. The van der Waals surface area contributed by atoms with Crippen LogP contribution in [0, 0.1) is 0 Å². The number of carbonyl (C=O) groups is 1. The van der Waals surface area contributed by atoms with E-state index in [0.29, 0.717) is 0 Å². The molecule has 0 aliphatic rings. The van der Waals surface area contributed by atoms with Gasteiger partial charge in [-0.2, -0.15) is 10.3 Å². The largest absolute Gasteiger partial charge is 0.476 e. The first-order chi connectivity index (χ1) is 6.72. The third-order valence-corrected chi connectivity index (χ3v) is 1.64. The summed E-state index contributed by atoms with van der Waals surface area (Å²) in [5.74, 6) is -0.243. The van der Waals surface area contributed by atoms with E-state index in [0.717, 1.165) is 12.1 Å². The van der Waals surface area contributed by atoms with Crippen molar-refractivity contribution in [2.45, 2.75) is 26.2 Å². The molecule has 1 aromatic heterocycles. The molecular formula is C8H14AsClN3O2. The van der Waals surface area contributed by atoms with Gasteiger partial charge in [0.05, 0.1) is 6.20 Å². The van der Waals surface area contributed by atoms with Crippen LogP contribution in [0.5, 0.6) is 0 Å². The number of nitrogens with one attached hydrogen (secondary N) is 1. The Morgan fingerprint density at radius 1 is 1.60 bits per heavy atom. The average molecular weight is 295 g/mol. The first-order valence-corrected chi connectivity index (χ1v) is 4.90. The third kappa shape index (κ3) is 9.76. The molecule has 1 rings (SSSR count). The first kappa shape index (κ1) is 16.9. The number of aromatic nitrogens is 3. The molecule has 1 heterocycles. The van der Waals surface area contributed by atoms with E-state index >= 15 is 0 Å². The van der Waals surface area contributed by atoms with Crippen LogP contribution in [-0.4, -0.2) is 50.3 Å². The van der Waals surface area contributed by atoms with Crippen molar-refractivity contribution in [3.63, 3.8) is 0 Å². The van der Waals surface area contributed by atoms with Crippen LogP contribution in [0.15, 0.2) is 6.20 Å². The van der Waals surface area contributed by atoms with Crippen molar-refractivity contribution >= 4 is 35.5 Å². The molecule has 1 aromatic rings. The molecule has 0 atom stereocenters. The van der Waals surface area contributed by atoms with Gasteiger partial charge in [0, 0.05) is 23.8 Å². The van der Waals surface area contributed by atoms with Gasteiger partial charge in [-0.25, -0.2) is 4.79 Å². The maximum Gasteiger partial charge on any atom is 0.358 e. The Morgan fingerprint density at radius 3 is 2.47 bits per heavy atom. The third-order valence-electron chi connectivity index (χ3n) is 1.37. The maximum absolute atomic E-state index is 9.94. The fourth-order valence-corrected chi connectivity index (χ4v) is 0.838. The van der Waals surface area contributed by atoms with Crippen LogP contribution in [0.2, 0.25) is 0 Å². The molecule has 3 radical (unpaired) electrons. The summed E-state index contributed by atoms with van der Waals surface area (Å²) in [6, 6.07) is 0. The molecule has 0 aromatic carbocycles. The van der Waals surface area contributed by atoms with E-state index in [-0.39, 0.29) is 23.6 Å². The van der Waals surface area contributed by atoms with E-state index in [1.165, 1.54) is 19.3 Å². The van der Waals surface area contributed by atoms with Gasteiger partial charge in [0.15, 0.2) is 5.69 Å². The quantitative estimate of drug-likeness (QED) is 0.501. The zero-order valence-electron chi connectivity index (χ0n) is 8.48. The summed E-state index contributed by atoms with van der Waals surface area (Å²) in [7, 11) is 0. The standard InChI is InChI=1S/C5H11Cl.C3H3N3O2.As/c1-2-3-4-5-6;7-3(8)2-1-4-6-5-2;/h2-5H2,1H3;1H,(H,7,8)(H,4,5,6);. The van der Waals surface area contributed by atoms with Crippen LogP contribution < -0.4 is 0 Å². The van der Waals surface area contributed by atoms with Gasteiger partial charge in [0.25, 0.3) is 0 Å². The molecule has 0 spiro atoms. The van der Waals surface area contributed by atoms with Crippen LogP contribution in [0.25, 0.3) is 0 Å². The van der Waals surface area contributed by atoms with Crippen LogP contribution in [0.1, 0.15) is 36.7 Å².